The summed E-state index contributed by atoms with van der Waals surface area (Å²) in [6.45, 7) is 2.92. The highest BCUT2D eigenvalue weighted by atomic mass is 35.5. The van der Waals surface area contributed by atoms with Gasteiger partial charge in [0.05, 0.1) is 6.54 Å². The van der Waals surface area contributed by atoms with Crippen molar-refractivity contribution < 1.29 is 0 Å². The summed E-state index contributed by atoms with van der Waals surface area (Å²) in [4.78, 5) is 6.73. The fourth-order valence-electron chi connectivity index (χ4n) is 3.09. The van der Waals surface area contributed by atoms with Crippen LogP contribution < -0.4 is 0 Å². The minimum Gasteiger partial charge on any atom is -0.296 e. The van der Waals surface area contributed by atoms with E-state index in [0.29, 0.717) is 20.9 Å². The van der Waals surface area contributed by atoms with Crippen molar-refractivity contribution in [2.24, 2.45) is 0 Å². The molecular formula is C19H17ClN6S. The van der Waals surface area contributed by atoms with E-state index in [9.17, 15) is 0 Å². The maximum Gasteiger partial charge on any atom is 0.202 e. The number of aromatic nitrogens is 4. The average molecular weight is 397 g/mol. The van der Waals surface area contributed by atoms with Crippen LogP contribution in [0.4, 0.5) is 0 Å². The summed E-state index contributed by atoms with van der Waals surface area (Å²) in [7, 11) is 0. The highest BCUT2D eigenvalue weighted by Crippen LogP contribution is 2.29. The second-order valence-corrected chi connectivity index (χ2v) is 7.69. The van der Waals surface area contributed by atoms with Crippen LogP contribution in [0.3, 0.4) is 0 Å². The van der Waals surface area contributed by atoms with E-state index in [0.717, 1.165) is 31.1 Å². The van der Waals surface area contributed by atoms with E-state index in [2.05, 4.69) is 26.2 Å². The summed E-state index contributed by atoms with van der Waals surface area (Å²) in [6.07, 6.45) is 2.45. The number of benzene rings is 1. The average Bonchev–Trinajstić information content (AvgIpc) is 3.33. The molecule has 3 aromatic rings. The van der Waals surface area contributed by atoms with Crippen molar-refractivity contribution in [2.75, 3.05) is 13.1 Å². The van der Waals surface area contributed by atoms with Crippen LogP contribution in [-0.4, -0.2) is 37.7 Å². The lowest BCUT2D eigenvalue weighted by atomic mass is 10.3. The Morgan fingerprint density at radius 3 is 2.59 bits per heavy atom. The zero-order valence-electron chi connectivity index (χ0n) is 14.5. The Morgan fingerprint density at radius 2 is 1.85 bits per heavy atom. The molecule has 0 atom stereocenters. The van der Waals surface area contributed by atoms with E-state index in [1.165, 1.54) is 24.6 Å². The maximum absolute atomic E-state index is 9.08. The number of halogens is 1. The topological polar surface area (TPSA) is 70.6 Å². The lowest BCUT2D eigenvalue weighted by Gasteiger charge is -2.16. The van der Waals surface area contributed by atoms with Crippen LogP contribution in [0.25, 0.3) is 5.69 Å². The van der Waals surface area contributed by atoms with Crippen molar-refractivity contribution in [3.63, 3.8) is 0 Å². The Labute approximate surface area is 166 Å². The van der Waals surface area contributed by atoms with Crippen molar-refractivity contribution in [3.05, 3.63) is 59.0 Å². The SMILES string of the molecule is N#Cc1cccc(Sc2nnc(CN3CCCC3)n2-c2ccc(Cl)cc2)n1. The summed E-state index contributed by atoms with van der Waals surface area (Å²) in [6, 6.07) is 15.1. The van der Waals surface area contributed by atoms with Gasteiger partial charge in [0.25, 0.3) is 0 Å². The minimum atomic E-state index is 0.384. The molecule has 8 heteroatoms. The standard InChI is InChI=1S/C19H17ClN6S/c20-14-6-8-16(9-7-14)26-17(13-25-10-1-2-11-25)23-24-19(26)27-18-5-3-4-15(12-21)22-18/h3-9H,1-2,10-11,13H2. The second-order valence-electron chi connectivity index (χ2n) is 6.27. The van der Waals surface area contributed by atoms with Crippen molar-refractivity contribution >= 4 is 23.4 Å². The number of nitrogens with zero attached hydrogens (tertiary/aromatic N) is 6. The number of pyridine rings is 1. The van der Waals surface area contributed by atoms with E-state index < -0.39 is 0 Å². The molecule has 2 aromatic heterocycles. The molecule has 1 aliphatic rings. The third kappa shape index (κ3) is 4.14. The zero-order chi connectivity index (χ0) is 18.6. The lowest BCUT2D eigenvalue weighted by Crippen LogP contribution is -2.21. The molecule has 0 saturated carbocycles. The zero-order valence-corrected chi connectivity index (χ0v) is 16.1. The molecule has 0 bridgehead atoms. The largest absolute Gasteiger partial charge is 0.296 e. The molecule has 6 nitrogen and oxygen atoms in total. The van der Waals surface area contributed by atoms with Gasteiger partial charge < -0.3 is 0 Å². The summed E-state index contributed by atoms with van der Waals surface area (Å²) in [5, 5.41) is 20.0. The fourth-order valence-corrected chi connectivity index (χ4v) is 4.07. The van der Waals surface area contributed by atoms with Gasteiger partial charge in [0.15, 0.2) is 5.82 Å². The number of hydrogen-bond acceptors (Lipinski definition) is 6. The Bertz CT molecular complexity index is 973. The fraction of sp³-hybridized carbons (Fsp3) is 0.263. The molecule has 1 fully saturated rings. The van der Waals surface area contributed by atoms with E-state index >= 15 is 0 Å². The molecule has 0 unspecified atom stereocenters. The van der Waals surface area contributed by atoms with Crippen molar-refractivity contribution in [3.8, 4) is 11.8 Å². The van der Waals surface area contributed by atoms with Gasteiger partial charge in [0.1, 0.15) is 16.8 Å². The summed E-state index contributed by atoms with van der Waals surface area (Å²) >= 11 is 7.46. The van der Waals surface area contributed by atoms with E-state index in [1.807, 2.05) is 41.0 Å². The van der Waals surface area contributed by atoms with E-state index in [4.69, 9.17) is 16.9 Å². The highest BCUT2D eigenvalue weighted by molar-refractivity contribution is 7.99. The number of likely N-dealkylation sites (tertiary alicyclic amines) is 1. The molecule has 27 heavy (non-hydrogen) atoms. The van der Waals surface area contributed by atoms with Gasteiger partial charge >= 0.3 is 0 Å². The predicted octanol–water partition coefficient (Wildman–Crippen LogP) is 3.93. The smallest absolute Gasteiger partial charge is 0.202 e. The molecule has 1 aromatic carbocycles. The number of hydrogen-bond donors (Lipinski definition) is 0. The van der Waals surface area contributed by atoms with Gasteiger partial charge in [-0.1, -0.05) is 17.7 Å². The number of nitriles is 1. The molecule has 0 amide bonds. The second kappa shape index (κ2) is 8.09. The predicted molar refractivity (Wildman–Crippen MR) is 104 cm³/mol. The maximum atomic E-state index is 9.08. The van der Waals surface area contributed by atoms with Crippen LogP contribution in [0.1, 0.15) is 24.4 Å². The first-order chi connectivity index (χ1) is 13.2. The molecule has 136 valence electrons. The molecule has 4 rings (SSSR count). The van der Waals surface area contributed by atoms with Gasteiger partial charge in [0.2, 0.25) is 5.16 Å². The van der Waals surface area contributed by atoms with Crippen molar-refractivity contribution in [2.45, 2.75) is 29.6 Å². The quantitative estimate of drug-likeness (QED) is 0.650. The lowest BCUT2D eigenvalue weighted by molar-refractivity contribution is 0.319. The highest BCUT2D eigenvalue weighted by Gasteiger charge is 2.20. The third-order valence-electron chi connectivity index (χ3n) is 4.38. The monoisotopic (exact) mass is 396 g/mol. The van der Waals surface area contributed by atoms with Gasteiger partial charge in [-0.2, -0.15) is 5.26 Å². The van der Waals surface area contributed by atoms with Crippen molar-refractivity contribution in [1.29, 1.82) is 5.26 Å². The van der Waals surface area contributed by atoms with Gasteiger partial charge in [-0.3, -0.25) is 9.47 Å². The molecule has 3 heterocycles. The molecule has 0 N–H and O–H groups in total. The number of rotatable bonds is 5. The van der Waals surface area contributed by atoms with E-state index in [-0.39, 0.29) is 0 Å². The summed E-state index contributed by atoms with van der Waals surface area (Å²) in [5.74, 6) is 0.887. The van der Waals surface area contributed by atoms with Crippen LogP contribution in [0.2, 0.25) is 5.02 Å². The van der Waals surface area contributed by atoms with Crippen LogP contribution in [0.5, 0.6) is 0 Å². The molecular weight excluding hydrogens is 380 g/mol. The minimum absolute atomic E-state index is 0.384. The summed E-state index contributed by atoms with van der Waals surface area (Å²) < 4.78 is 2.04. The summed E-state index contributed by atoms with van der Waals surface area (Å²) in [5.41, 5.74) is 1.34. The third-order valence-corrected chi connectivity index (χ3v) is 5.52. The van der Waals surface area contributed by atoms with Gasteiger partial charge in [-0.05, 0) is 74.1 Å². The van der Waals surface area contributed by atoms with Gasteiger partial charge in [-0.25, -0.2) is 4.98 Å². The van der Waals surface area contributed by atoms with Crippen LogP contribution in [0, 0.1) is 11.3 Å². The molecule has 0 radical (unpaired) electrons. The van der Waals surface area contributed by atoms with Crippen molar-refractivity contribution in [1.82, 2.24) is 24.6 Å². The first-order valence-electron chi connectivity index (χ1n) is 8.70. The Kier molecular flexibility index (Phi) is 5.39. The molecule has 1 saturated heterocycles. The van der Waals surface area contributed by atoms with Crippen LogP contribution in [-0.2, 0) is 6.54 Å². The van der Waals surface area contributed by atoms with Gasteiger partial charge in [-0.15, -0.1) is 10.2 Å². The van der Waals surface area contributed by atoms with Crippen LogP contribution >= 0.6 is 23.4 Å². The first kappa shape index (κ1) is 18.0. The Morgan fingerprint density at radius 1 is 1.07 bits per heavy atom. The Hall–Kier alpha value is -2.40. The normalized spacial score (nSPS) is 14.4. The molecule has 1 aliphatic heterocycles. The Balaban J connectivity index is 1.70. The first-order valence-corrected chi connectivity index (χ1v) is 9.90. The van der Waals surface area contributed by atoms with E-state index in [1.54, 1.807) is 6.07 Å². The molecule has 0 aliphatic carbocycles. The van der Waals surface area contributed by atoms with Crippen LogP contribution in [0.15, 0.2) is 52.6 Å². The molecule has 0 spiro atoms. The van der Waals surface area contributed by atoms with Gasteiger partial charge in [0, 0.05) is 10.7 Å².